The minimum Gasteiger partial charge on any atom is -0.494 e. The molecule has 1 heterocycles. The van der Waals surface area contributed by atoms with Gasteiger partial charge in [-0.2, -0.15) is 0 Å². The van der Waals surface area contributed by atoms with E-state index in [2.05, 4.69) is 9.71 Å². The third-order valence-corrected chi connectivity index (χ3v) is 3.85. The normalized spacial score (nSPS) is 11.1. The van der Waals surface area contributed by atoms with Crippen molar-refractivity contribution in [2.45, 2.75) is 4.90 Å². The van der Waals surface area contributed by atoms with Crippen LogP contribution in [-0.4, -0.2) is 20.5 Å². The number of sulfonamides is 1. The highest BCUT2D eigenvalue weighted by Crippen LogP contribution is 2.23. The van der Waals surface area contributed by atoms with Crippen molar-refractivity contribution in [3.8, 4) is 5.75 Å². The molecule has 0 bridgehead atoms. The van der Waals surface area contributed by atoms with Crippen molar-refractivity contribution in [3.05, 3.63) is 42.3 Å². The van der Waals surface area contributed by atoms with E-state index >= 15 is 0 Å². The van der Waals surface area contributed by atoms with Crippen LogP contribution in [0, 0.1) is 5.82 Å². The van der Waals surface area contributed by atoms with E-state index in [9.17, 15) is 12.8 Å². The van der Waals surface area contributed by atoms with Gasteiger partial charge in [0.25, 0.3) is 10.0 Å². The van der Waals surface area contributed by atoms with E-state index in [0.717, 1.165) is 6.07 Å². The number of nitrogens with two attached hydrogens (primary N) is 1. The maximum atomic E-state index is 13.5. The molecule has 0 aliphatic rings. The third-order valence-electron chi connectivity index (χ3n) is 2.47. The number of methoxy groups -OCH3 is 1. The first kappa shape index (κ1) is 14.1. The average Bonchev–Trinajstić information content (AvgIpc) is 2.38. The topological polar surface area (TPSA) is 94.3 Å². The molecule has 0 spiro atoms. The Morgan fingerprint density at radius 3 is 2.65 bits per heavy atom. The van der Waals surface area contributed by atoms with E-state index in [0.29, 0.717) is 0 Å². The lowest BCUT2D eigenvalue weighted by Gasteiger charge is -2.09. The number of rotatable bonds is 4. The Labute approximate surface area is 115 Å². The highest BCUT2D eigenvalue weighted by molar-refractivity contribution is 7.92. The van der Waals surface area contributed by atoms with E-state index in [4.69, 9.17) is 10.5 Å². The molecule has 0 atom stereocenters. The Kier molecular flexibility index (Phi) is 3.75. The number of pyridine rings is 1. The second-order valence-corrected chi connectivity index (χ2v) is 5.55. The molecule has 0 radical (unpaired) electrons. The molecule has 8 heteroatoms. The fraction of sp³-hybridized carbons (Fsp3) is 0.0833. The van der Waals surface area contributed by atoms with Gasteiger partial charge in [0, 0.05) is 18.3 Å². The van der Waals surface area contributed by atoms with Crippen LogP contribution < -0.4 is 15.2 Å². The Bertz CT molecular complexity index is 734. The number of anilines is 2. The van der Waals surface area contributed by atoms with E-state index in [1.54, 1.807) is 0 Å². The zero-order valence-electron chi connectivity index (χ0n) is 10.5. The smallest absolute Gasteiger partial charge is 0.262 e. The SMILES string of the molecule is COc1ccc(NS(=O)(=O)c2ccnc(N)c2)cc1F. The van der Waals surface area contributed by atoms with Gasteiger partial charge in [-0.1, -0.05) is 0 Å². The average molecular weight is 297 g/mol. The molecular weight excluding hydrogens is 285 g/mol. The van der Waals surface area contributed by atoms with Crippen molar-refractivity contribution in [1.82, 2.24) is 4.98 Å². The van der Waals surface area contributed by atoms with Gasteiger partial charge >= 0.3 is 0 Å². The molecular formula is C12H12FN3O3S. The molecule has 106 valence electrons. The van der Waals surface area contributed by atoms with Gasteiger partial charge in [0.05, 0.1) is 17.7 Å². The summed E-state index contributed by atoms with van der Waals surface area (Å²) in [6, 6.07) is 6.25. The van der Waals surface area contributed by atoms with Crippen LogP contribution in [0.15, 0.2) is 41.4 Å². The Hall–Kier alpha value is -2.35. The van der Waals surface area contributed by atoms with Crippen LogP contribution in [-0.2, 0) is 10.0 Å². The molecule has 3 N–H and O–H groups in total. The van der Waals surface area contributed by atoms with E-state index in [1.807, 2.05) is 0 Å². The maximum absolute atomic E-state index is 13.5. The van der Waals surface area contributed by atoms with Crippen molar-refractivity contribution in [1.29, 1.82) is 0 Å². The first-order chi connectivity index (χ1) is 9.42. The van der Waals surface area contributed by atoms with Gasteiger partial charge in [0.2, 0.25) is 0 Å². The summed E-state index contributed by atoms with van der Waals surface area (Å²) in [6.45, 7) is 0. The van der Waals surface area contributed by atoms with Gasteiger partial charge in [-0.15, -0.1) is 0 Å². The molecule has 0 aliphatic carbocycles. The number of aromatic nitrogens is 1. The van der Waals surface area contributed by atoms with Crippen LogP contribution in [0.3, 0.4) is 0 Å². The number of halogens is 1. The van der Waals surface area contributed by atoms with Gasteiger partial charge in [-0.05, 0) is 18.2 Å². The van der Waals surface area contributed by atoms with Crippen LogP contribution in [0.4, 0.5) is 15.9 Å². The summed E-state index contributed by atoms with van der Waals surface area (Å²) in [4.78, 5) is 3.65. The fourth-order valence-corrected chi connectivity index (χ4v) is 2.61. The summed E-state index contributed by atoms with van der Waals surface area (Å²) in [5, 5.41) is 0. The summed E-state index contributed by atoms with van der Waals surface area (Å²) in [5.41, 5.74) is 5.51. The Balaban J connectivity index is 2.31. The molecule has 0 unspecified atom stereocenters. The number of nitrogen functional groups attached to an aromatic ring is 1. The predicted octanol–water partition coefficient (Wildman–Crippen LogP) is 1.61. The van der Waals surface area contributed by atoms with Gasteiger partial charge < -0.3 is 10.5 Å². The summed E-state index contributed by atoms with van der Waals surface area (Å²) < 4.78 is 44.6. The number of benzene rings is 1. The zero-order valence-corrected chi connectivity index (χ0v) is 11.3. The highest BCUT2D eigenvalue weighted by Gasteiger charge is 2.15. The molecule has 0 saturated carbocycles. The molecule has 0 aliphatic heterocycles. The molecule has 0 saturated heterocycles. The van der Waals surface area contributed by atoms with Gasteiger partial charge in [0.15, 0.2) is 11.6 Å². The first-order valence-corrected chi connectivity index (χ1v) is 6.98. The summed E-state index contributed by atoms with van der Waals surface area (Å²) in [7, 11) is -2.53. The van der Waals surface area contributed by atoms with E-state index in [1.165, 1.54) is 37.6 Å². The zero-order chi connectivity index (χ0) is 14.8. The predicted molar refractivity (Wildman–Crippen MR) is 72.4 cm³/mol. The molecule has 1 aromatic carbocycles. The van der Waals surface area contributed by atoms with Crippen molar-refractivity contribution in [2.75, 3.05) is 17.6 Å². The van der Waals surface area contributed by atoms with Crippen LogP contribution in [0.1, 0.15) is 0 Å². The number of nitrogens with zero attached hydrogens (tertiary/aromatic N) is 1. The summed E-state index contributed by atoms with van der Waals surface area (Å²) in [6.07, 6.45) is 1.28. The Morgan fingerprint density at radius 2 is 2.05 bits per heavy atom. The minimum atomic E-state index is -3.85. The quantitative estimate of drug-likeness (QED) is 0.894. The van der Waals surface area contributed by atoms with Gasteiger partial charge in [-0.25, -0.2) is 17.8 Å². The summed E-state index contributed by atoms with van der Waals surface area (Å²) in [5.74, 6) is -0.558. The number of nitrogens with one attached hydrogen (secondary N) is 1. The van der Waals surface area contributed by atoms with Crippen LogP contribution in [0.5, 0.6) is 5.75 Å². The molecule has 1 aromatic heterocycles. The summed E-state index contributed by atoms with van der Waals surface area (Å²) >= 11 is 0. The lowest BCUT2D eigenvalue weighted by molar-refractivity contribution is 0.386. The first-order valence-electron chi connectivity index (χ1n) is 5.50. The molecule has 2 rings (SSSR count). The molecule has 2 aromatic rings. The third kappa shape index (κ3) is 2.97. The van der Waals surface area contributed by atoms with E-state index in [-0.39, 0.29) is 22.2 Å². The molecule has 0 fully saturated rings. The minimum absolute atomic E-state index is 0.0288. The second-order valence-electron chi connectivity index (χ2n) is 3.87. The van der Waals surface area contributed by atoms with Gasteiger partial charge in [0.1, 0.15) is 5.82 Å². The largest absolute Gasteiger partial charge is 0.494 e. The fourth-order valence-electron chi connectivity index (χ4n) is 1.54. The lowest BCUT2D eigenvalue weighted by Crippen LogP contribution is -2.13. The van der Waals surface area contributed by atoms with Crippen molar-refractivity contribution < 1.29 is 17.5 Å². The van der Waals surface area contributed by atoms with Crippen LogP contribution in [0.2, 0.25) is 0 Å². The number of hydrogen-bond acceptors (Lipinski definition) is 5. The number of ether oxygens (including phenoxy) is 1. The lowest BCUT2D eigenvalue weighted by atomic mass is 10.3. The second kappa shape index (κ2) is 5.33. The maximum Gasteiger partial charge on any atom is 0.262 e. The molecule has 20 heavy (non-hydrogen) atoms. The number of hydrogen-bond donors (Lipinski definition) is 2. The Morgan fingerprint density at radius 1 is 1.30 bits per heavy atom. The highest BCUT2D eigenvalue weighted by atomic mass is 32.2. The van der Waals surface area contributed by atoms with Crippen molar-refractivity contribution in [2.24, 2.45) is 0 Å². The molecule has 0 amide bonds. The van der Waals surface area contributed by atoms with Gasteiger partial charge in [-0.3, -0.25) is 4.72 Å². The standard InChI is InChI=1S/C12H12FN3O3S/c1-19-11-3-2-8(6-10(11)13)16-20(17,18)9-4-5-15-12(14)7-9/h2-7,16H,1H3,(H2,14,15). The van der Waals surface area contributed by atoms with Crippen molar-refractivity contribution >= 4 is 21.5 Å². The van der Waals surface area contributed by atoms with Crippen LogP contribution in [0.25, 0.3) is 0 Å². The monoisotopic (exact) mass is 297 g/mol. The van der Waals surface area contributed by atoms with Crippen LogP contribution >= 0.6 is 0 Å². The molecule has 6 nitrogen and oxygen atoms in total. The van der Waals surface area contributed by atoms with E-state index < -0.39 is 15.8 Å². The van der Waals surface area contributed by atoms with Crippen molar-refractivity contribution in [3.63, 3.8) is 0 Å².